The minimum atomic E-state index is 0. The van der Waals surface area contributed by atoms with Crippen LogP contribution in [0.15, 0.2) is 28.7 Å². The third kappa shape index (κ3) is 6.58. The van der Waals surface area contributed by atoms with Crippen LogP contribution in [0.4, 0.5) is 5.82 Å². The summed E-state index contributed by atoms with van der Waals surface area (Å²) in [7, 11) is 0. The number of halogens is 1. The van der Waals surface area contributed by atoms with Gasteiger partial charge in [-0.1, -0.05) is 13.8 Å². The van der Waals surface area contributed by atoms with E-state index in [1.807, 2.05) is 12.3 Å². The summed E-state index contributed by atoms with van der Waals surface area (Å²) in [5.41, 5.74) is 2.34. The summed E-state index contributed by atoms with van der Waals surface area (Å²) in [6.07, 6.45) is 4.41. The molecule has 3 heterocycles. The number of hydrogen-bond acceptors (Lipinski definition) is 5. The molecule has 1 fully saturated rings. The van der Waals surface area contributed by atoms with E-state index in [0.717, 1.165) is 42.1 Å². The van der Waals surface area contributed by atoms with Crippen LogP contribution >= 0.6 is 35.3 Å². The second-order valence-electron chi connectivity index (χ2n) is 7.09. The molecule has 1 aliphatic rings. The average Bonchev–Trinajstić information content (AvgIpc) is 3.36. The molecule has 0 spiro atoms. The molecule has 0 bridgehead atoms. The zero-order chi connectivity index (χ0) is 19.1. The van der Waals surface area contributed by atoms with Gasteiger partial charge in [0.1, 0.15) is 10.8 Å². The van der Waals surface area contributed by atoms with Crippen molar-refractivity contribution in [2.75, 3.05) is 24.5 Å². The fourth-order valence-corrected chi connectivity index (χ4v) is 3.92. The van der Waals surface area contributed by atoms with Crippen molar-refractivity contribution in [3.63, 3.8) is 0 Å². The van der Waals surface area contributed by atoms with Crippen molar-refractivity contribution >= 4 is 47.1 Å². The number of thiazole rings is 1. The molecule has 0 aliphatic carbocycles. The van der Waals surface area contributed by atoms with Crippen LogP contribution in [0.5, 0.6) is 0 Å². The molecule has 28 heavy (non-hydrogen) atoms. The van der Waals surface area contributed by atoms with Crippen LogP contribution in [0, 0.1) is 0 Å². The predicted molar refractivity (Wildman–Crippen MR) is 129 cm³/mol. The van der Waals surface area contributed by atoms with Crippen LogP contribution in [0.25, 0.3) is 0 Å². The Morgan fingerprint density at radius 3 is 2.75 bits per heavy atom. The molecule has 0 amide bonds. The van der Waals surface area contributed by atoms with Gasteiger partial charge in [-0.25, -0.2) is 15.0 Å². The number of nitrogens with zero attached hydrogens (tertiary/aromatic N) is 4. The first-order valence-corrected chi connectivity index (χ1v) is 10.7. The Hall–Kier alpha value is -1.42. The smallest absolute Gasteiger partial charge is 0.191 e. The monoisotopic (exact) mass is 514 g/mol. The maximum absolute atomic E-state index is 4.73. The molecule has 154 valence electrons. The Kier molecular flexibility index (Phi) is 9.43. The zero-order valence-electron chi connectivity index (χ0n) is 16.9. The minimum Gasteiger partial charge on any atom is -0.357 e. The molecule has 2 N–H and O–H groups in total. The highest BCUT2D eigenvalue weighted by Crippen LogP contribution is 2.19. The molecule has 0 radical (unpaired) electrons. The number of hydrogen-bond donors (Lipinski definition) is 2. The lowest BCUT2D eigenvalue weighted by Gasteiger charge is -2.16. The summed E-state index contributed by atoms with van der Waals surface area (Å²) in [5, 5.41) is 9.93. The van der Waals surface area contributed by atoms with Crippen LogP contribution in [0.1, 0.15) is 55.8 Å². The van der Waals surface area contributed by atoms with Crippen LogP contribution in [-0.4, -0.2) is 35.6 Å². The standard InChI is InChI=1S/C20H30N6S.HI/c1-4-21-20(24-13-19-25-17(14-27-19)15(2)3)23-12-16-7-8-22-18(11-16)26-9-5-6-10-26;/h7-8,11,14-15H,4-6,9-10,12-13H2,1-3H3,(H2,21,23,24);1H. The predicted octanol–water partition coefficient (Wildman–Crippen LogP) is 4.14. The quantitative estimate of drug-likeness (QED) is 0.331. The summed E-state index contributed by atoms with van der Waals surface area (Å²) in [4.78, 5) is 16.3. The van der Waals surface area contributed by atoms with Crippen molar-refractivity contribution in [2.45, 2.75) is 52.6 Å². The van der Waals surface area contributed by atoms with Crippen molar-refractivity contribution in [1.82, 2.24) is 20.6 Å². The maximum atomic E-state index is 4.73. The first-order valence-electron chi connectivity index (χ1n) is 9.82. The second-order valence-corrected chi connectivity index (χ2v) is 8.03. The number of anilines is 1. The number of aromatic nitrogens is 2. The number of pyridine rings is 1. The largest absolute Gasteiger partial charge is 0.357 e. The molecule has 3 rings (SSSR count). The van der Waals surface area contributed by atoms with Gasteiger partial charge in [0.05, 0.1) is 18.8 Å². The average molecular weight is 514 g/mol. The van der Waals surface area contributed by atoms with Gasteiger partial charge in [0.25, 0.3) is 0 Å². The molecule has 0 unspecified atom stereocenters. The number of nitrogens with one attached hydrogen (secondary N) is 2. The van der Waals surface area contributed by atoms with Gasteiger partial charge in [-0.05, 0) is 43.4 Å². The van der Waals surface area contributed by atoms with E-state index in [4.69, 9.17) is 4.99 Å². The molecule has 2 aromatic heterocycles. The Bertz CT molecular complexity index is 755. The van der Waals surface area contributed by atoms with E-state index in [1.165, 1.54) is 18.4 Å². The Morgan fingerprint density at radius 2 is 2.07 bits per heavy atom. The summed E-state index contributed by atoms with van der Waals surface area (Å²) in [5.74, 6) is 2.36. The Balaban J connectivity index is 0.00000280. The Labute approximate surface area is 189 Å². The van der Waals surface area contributed by atoms with Crippen LogP contribution in [-0.2, 0) is 13.1 Å². The highest BCUT2D eigenvalue weighted by atomic mass is 127. The summed E-state index contributed by atoms with van der Waals surface area (Å²) in [6, 6.07) is 4.20. The number of guanidine groups is 1. The van der Waals surface area contributed by atoms with Gasteiger partial charge >= 0.3 is 0 Å². The van der Waals surface area contributed by atoms with Crippen molar-refractivity contribution in [3.05, 3.63) is 40.0 Å². The van der Waals surface area contributed by atoms with E-state index < -0.39 is 0 Å². The number of rotatable bonds is 7. The molecule has 8 heteroatoms. The normalized spacial score (nSPS) is 14.3. The van der Waals surface area contributed by atoms with E-state index in [0.29, 0.717) is 19.0 Å². The molecular weight excluding hydrogens is 483 g/mol. The van der Waals surface area contributed by atoms with Gasteiger partial charge in [0.15, 0.2) is 5.96 Å². The van der Waals surface area contributed by atoms with Gasteiger partial charge in [0, 0.05) is 31.2 Å². The minimum absolute atomic E-state index is 0. The van der Waals surface area contributed by atoms with Crippen molar-refractivity contribution in [1.29, 1.82) is 0 Å². The highest BCUT2D eigenvalue weighted by Gasteiger charge is 2.13. The molecule has 0 aromatic carbocycles. The van der Waals surface area contributed by atoms with E-state index in [9.17, 15) is 0 Å². The maximum Gasteiger partial charge on any atom is 0.191 e. The summed E-state index contributed by atoms with van der Waals surface area (Å²) in [6.45, 7) is 10.8. The lowest BCUT2D eigenvalue weighted by Crippen LogP contribution is -2.36. The molecular formula is C20H31IN6S. The van der Waals surface area contributed by atoms with Gasteiger partial charge in [0.2, 0.25) is 0 Å². The van der Waals surface area contributed by atoms with Crippen molar-refractivity contribution in [3.8, 4) is 0 Å². The molecule has 2 aromatic rings. The van der Waals surface area contributed by atoms with Crippen molar-refractivity contribution < 1.29 is 0 Å². The van der Waals surface area contributed by atoms with Crippen LogP contribution in [0.3, 0.4) is 0 Å². The van der Waals surface area contributed by atoms with Crippen molar-refractivity contribution in [2.24, 2.45) is 4.99 Å². The van der Waals surface area contributed by atoms with Gasteiger partial charge in [-0.15, -0.1) is 35.3 Å². The van der Waals surface area contributed by atoms with Crippen LogP contribution in [0.2, 0.25) is 0 Å². The molecule has 6 nitrogen and oxygen atoms in total. The first kappa shape index (κ1) is 22.9. The third-order valence-electron chi connectivity index (χ3n) is 4.57. The lowest BCUT2D eigenvalue weighted by atomic mass is 10.2. The van der Waals surface area contributed by atoms with Gasteiger partial charge in [-0.2, -0.15) is 0 Å². The summed E-state index contributed by atoms with van der Waals surface area (Å²) >= 11 is 1.70. The topological polar surface area (TPSA) is 65.4 Å². The molecule has 1 saturated heterocycles. The second kappa shape index (κ2) is 11.5. The lowest BCUT2D eigenvalue weighted by molar-refractivity contribution is 0.788. The molecule has 0 saturated carbocycles. The Morgan fingerprint density at radius 1 is 1.29 bits per heavy atom. The number of aliphatic imine (C=N–C) groups is 1. The zero-order valence-corrected chi connectivity index (χ0v) is 20.1. The van der Waals surface area contributed by atoms with Crippen LogP contribution < -0.4 is 15.5 Å². The van der Waals surface area contributed by atoms with E-state index in [2.05, 4.69) is 57.7 Å². The van der Waals surface area contributed by atoms with Gasteiger partial charge < -0.3 is 15.5 Å². The third-order valence-corrected chi connectivity index (χ3v) is 5.44. The molecule has 1 aliphatic heterocycles. The van der Waals surface area contributed by atoms with Gasteiger partial charge in [-0.3, -0.25) is 0 Å². The SMILES string of the molecule is CCNC(=NCc1ccnc(N2CCCC2)c1)NCc1nc(C(C)C)cs1.I. The summed E-state index contributed by atoms with van der Waals surface area (Å²) < 4.78 is 0. The fraction of sp³-hybridized carbons (Fsp3) is 0.550. The highest BCUT2D eigenvalue weighted by molar-refractivity contribution is 14.0. The molecule has 0 atom stereocenters. The first-order chi connectivity index (χ1) is 13.2. The van der Waals surface area contributed by atoms with E-state index >= 15 is 0 Å². The van der Waals surface area contributed by atoms with E-state index in [-0.39, 0.29) is 24.0 Å². The van der Waals surface area contributed by atoms with E-state index in [1.54, 1.807) is 11.3 Å². The fourth-order valence-electron chi connectivity index (χ4n) is 3.02.